The maximum absolute atomic E-state index is 12.2. The van der Waals surface area contributed by atoms with Gasteiger partial charge < -0.3 is 19.4 Å². The van der Waals surface area contributed by atoms with Crippen molar-refractivity contribution in [3.8, 4) is 0 Å². The molecule has 22 heavy (non-hydrogen) atoms. The molecule has 1 amide bonds. The summed E-state index contributed by atoms with van der Waals surface area (Å²) in [6.45, 7) is 13.1. The van der Waals surface area contributed by atoms with Crippen molar-refractivity contribution in [3.63, 3.8) is 0 Å². The molecule has 0 aromatic carbocycles. The summed E-state index contributed by atoms with van der Waals surface area (Å²) >= 11 is 0. The summed E-state index contributed by atoms with van der Waals surface area (Å²) in [6, 6.07) is 4.26. The molecule has 0 aliphatic heterocycles. The highest BCUT2D eigenvalue weighted by Crippen LogP contribution is 2.11. The molecule has 0 spiro atoms. The first-order valence-electron chi connectivity index (χ1n) is 7.94. The van der Waals surface area contributed by atoms with E-state index in [9.17, 15) is 4.79 Å². The largest absolute Gasteiger partial charge is 0.469 e. The summed E-state index contributed by atoms with van der Waals surface area (Å²) in [5.41, 5.74) is -0.468. The van der Waals surface area contributed by atoms with Gasteiger partial charge in [0.2, 0.25) is 0 Å². The summed E-state index contributed by atoms with van der Waals surface area (Å²) in [6.07, 6.45) is 2.26. The Morgan fingerprint density at radius 2 is 2.05 bits per heavy atom. The first-order chi connectivity index (χ1) is 10.2. The molecule has 0 radical (unpaired) electrons. The van der Waals surface area contributed by atoms with E-state index in [-0.39, 0.29) is 12.1 Å². The summed E-state index contributed by atoms with van der Waals surface area (Å²) in [5.74, 6) is 0.966. The van der Waals surface area contributed by atoms with Gasteiger partial charge >= 0.3 is 6.09 Å². The number of nitrogens with one attached hydrogen (secondary N) is 1. The van der Waals surface area contributed by atoms with Crippen molar-refractivity contribution in [1.29, 1.82) is 0 Å². The molecule has 5 heteroatoms. The third kappa shape index (κ3) is 6.98. The molecule has 0 bridgehead atoms. The SMILES string of the molecule is CC(Cc1ccco1)NCCN(C(=O)OC(C)(C)C)C(C)C. The third-order valence-corrected chi connectivity index (χ3v) is 3.18. The first kappa shape index (κ1) is 18.6. The highest BCUT2D eigenvalue weighted by Gasteiger charge is 2.23. The van der Waals surface area contributed by atoms with Crippen molar-refractivity contribution in [2.75, 3.05) is 13.1 Å². The van der Waals surface area contributed by atoms with Crippen LogP contribution in [0.15, 0.2) is 22.8 Å². The predicted octanol–water partition coefficient (Wildman–Crippen LogP) is 3.45. The van der Waals surface area contributed by atoms with Gasteiger partial charge in [0, 0.05) is 31.6 Å². The van der Waals surface area contributed by atoms with Gasteiger partial charge in [-0.2, -0.15) is 0 Å². The minimum Gasteiger partial charge on any atom is -0.469 e. The lowest BCUT2D eigenvalue weighted by atomic mass is 10.2. The molecule has 1 aromatic rings. The van der Waals surface area contributed by atoms with Crippen molar-refractivity contribution < 1.29 is 13.9 Å². The Morgan fingerprint density at radius 1 is 1.36 bits per heavy atom. The quantitative estimate of drug-likeness (QED) is 0.838. The Kier molecular flexibility index (Phi) is 6.94. The van der Waals surface area contributed by atoms with Gasteiger partial charge in [-0.05, 0) is 53.7 Å². The Hall–Kier alpha value is -1.49. The van der Waals surface area contributed by atoms with Crippen LogP contribution in [-0.4, -0.2) is 41.8 Å². The second kappa shape index (κ2) is 8.22. The predicted molar refractivity (Wildman–Crippen MR) is 88.0 cm³/mol. The molecule has 1 N–H and O–H groups in total. The average molecular weight is 310 g/mol. The number of carbonyl (C=O) groups excluding carboxylic acids is 1. The van der Waals surface area contributed by atoms with Gasteiger partial charge in [-0.15, -0.1) is 0 Å². The Bertz CT molecular complexity index is 435. The maximum atomic E-state index is 12.2. The zero-order valence-corrected chi connectivity index (χ0v) is 14.7. The number of rotatable bonds is 7. The molecule has 126 valence electrons. The van der Waals surface area contributed by atoms with Gasteiger partial charge in [0.25, 0.3) is 0 Å². The van der Waals surface area contributed by atoms with Crippen LogP contribution in [-0.2, 0) is 11.2 Å². The van der Waals surface area contributed by atoms with E-state index in [2.05, 4.69) is 12.2 Å². The number of nitrogens with zero attached hydrogens (tertiary/aromatic N) is 1. The molecular formula is C17H30N2O3. The molecule has 1 rings (SSSR count). The molecule has 1 aromatic heterocycles. The van der Waals surface area contributed by atoms with Crippen molar-refractivity contribution in [2.45, 2.75) is 65.6 Å². The molecule has 0 aliphatic carbocycles. The summed E-state index contributed by atoms with van der Waals surface area (Å²) in [7, 11) is 0. The van der Waals surface area contributed by atoms with Gasteiger partial charge in [0.05, 0.1) is 6.26 Å². The standard InChI is InChI=1S/C17H30N2O3/c1-13(2)19(16(20)22-17(4,5)6)10-9-18-14(3)12-15-8-7-11-21-15/h7-8,11,13-14,18H,9-10,12H2,1-6H3. The molecule has 0 saturated heterocycles. The van der Waals surface area contributed by atoms with Gasteiger partial charge in [-0.25, -0.2) is 4.79 Å². The van der Waals surface area contributed by atoms with E-state index in [4.69, 9.17) is 9.15 Å². The number of amides is 1. The minimum absolute atomic E-state index is 0.108. The van der Waals surface area contributed by atoms with Crippen LogP contribution in [0, 0.1) is 0 Å². The molecule has 1 heterocycles. The van der Waals surface area contributed by atoms with Crippen LogP contribution in [0.1, 0.15) is 47.3 Å². The Morgan fingerprint density at radius 3 is 2.55 bits per heavy atom. The lowest BCUT2D eigenvalue weighted by molar-refractivity contribution is 0.0192. The van der Waals surface area contributed by atoms with E-state index in [1.165, 1.54) is 0 Å². The monoisotopic (exact) mass is 310 g/mol. The van der Waals surface area contributed by atoms with E-state index < -0.39 is 5.60 Å². The maximum Gasteiger partial charge on any atom is 0.410 e. The molecular weight excluding hydrogens is 280 g/mol. The summed E-state index contributed by atoms with van der Waals surface area (Å²) in [4.78, 5) is 13.9. The summed E-state index contributed by atoms with van der Waals surface area (Å²) in [5, 5.41) is 3.41. The van der Waals surface area contributed by atoms with Crippen LogP contribution in [0.3, 0.4) is 0 Å². The van der Waals surface area contributed by atoms with Crippen LogP contribution in [0.4, 0.5) is 4.79 Å². The van der Waals surface area contributed by atoms with E-state index >= 15 is 0 Å². The zero-order valence-electron chi connectivity index (χ0n) is 14.7. The van der Waals surface area contributed by atoms with Crippen molar-refractivity contribution in [3.05, 3.63) is 24.2 Å². The molecule has 5 nitrogen and oxygen atoms in total. The minimum atomic E-state index is -0.468. The van der Waals surface area contributed by atoms with Crippen molar-refractivity contribution in [1.82, 2.24) is 10.2 Å². The molecule has 0 fully saturated rings. The topological polar surface area (TPSA) is 54.7 Å². The van der Waals surface area contributed by atoms with Crippen molar-refractivity contribution in [2.24, 2.45) is 0 Å². The number of ether oxygens (including phenoxy) is 1. The van der Waals surface area contributed by atoms with Gasteiger partial charge in [-0.3, -0.25) is 0 Å². The smallest absolute Gasteiger partial charge is 0.410 e. The second-order valence-electron chi connectivity index (χ2n) is 6.91. The van der Waals surface area contributed by atoms with Gasteiger partial charge in [-0.1, -0.05) is 0 Å². The fraction of sp³-hybridized carbons (Fsp3) is 0.706. The fourth-order valence-electron chi connectivity index (χ4n) is 2.11. The Balaban J connectivity index is 2.39. The highest BCUT2D eigenvalue weighted by atomic mass is 16.6. The number of hydrogen-bond acceptors (Lipinski definition) is 4. The number of carbonyl (C=O) groups is 1. The van der Waals surface area contributed by atoms with E-state index in [1.54, 1.807) is 11.2 Å². The van der Waals surface area contributed by atoms with E-state index in [1.807, 2.05) is 46.8 Å². The zero-order chi connectivity index (χ0) is 16.8. The lowest BCUT2D eigenvalue weighted by Gasteiger charge is -2.30. The average Bonchev–Trinajstić information content (AvgIpc) is 2.84. The van der Waals surface area contributed by atoms with Crippen LogP contribution in [0.25, 0.3) is 0 Å². The third-order valence-electron chi connectivity index (χ3n) is 3.18. The molecule has 1 atom stereocenters. The highest BCUT2D eigenvalue weighted by molar-refractivity contribution is 5.68. The second-order valence-corrected chi connectivity index (χ2v) is 6.91. The van der Waals surface area contributed by atoms with Gasteiger partial charge in [0.15, 0.2) is 0 Å². The van der Waals surface area contributed by atoms with E-state index in [0.717, 1.165) is 18.7 Å². The van der Waals surface area contributed by atoms with Crippen LogP contribution < -0.4 is 5.32 Å². The van der Waals surface area contributed by atoms with Crippen molar-refractivity contribution >= 4 is 6.09 Å². The molecule has 0 saturated carbocycles. The van der Waals surface area contributed by atoms with Crippen LogP contribution >= 0.6 is 0 Å². The number of hydrogen-bond donors (Lipinski definition) is 1. The Labute approximate surface area is 134 Å². The van der Waals surface area contributed by atoms with Crippen LogP contribution in [0.5, 0.6) is 0 Å². The normalized spacial score (nSPS) is 13.2. The molecule has 0 aliphatic rings. The number of furan rings is 1. The lowest BCUT2D eigenvalue weighted by Crippen LogP contribution is -2.45. The molecule has 1 unspecified atom stereocenters. The van der Waals surface area contributed by atoms with Crippen LogP contribution in [0.2, 0.25) is 0 Å². The summed E-state index contributed by atoms with van der Waals surface area (Å²) < 4.78 is 10.8. The fourth-order valence-corrected chi connectivity index (χ4v) is 2.11. The van der Waals surface area contributed by atoms with Gasteiger partial charge in [0.1, 0.15) is 11.4 Å². The van der Waals surface area contributed by atoms with E-state index in [0.29, 0.717) is 12.6 Å². The first-order valence-corrected chi connectivity index (χ1v) is 7.94.